The van der Waals surface area contributed by atoms with Crippen molar-refractivity contribution in [2.45, 2.75) is 13.1 Å². The van der Waals surface area contributed by atoms with E-state index in [1.807, 2.05) is 30.3 Å². The molecule has 0 aromatic heterocycles. The number of nitrogens with one attached hydrogen (secondary N) is 1. The molecule has 104 valence electrons. The van der Waals surface area contributed by atoms with Crippen LogP contribution in [0.2, 0.25) is 0 Å². The molecule has 0 saturated carbocycles. The number of carbonyl (C=O) groups excluding carboxylic acids is 1. The highest BCUT2D eigenvalue weighted by molar-refractivity contribution is 9.10. The number of primary amides is 1. The average Bonchev–Trinajstić information content (AvgIpc) is 2.46. The molecule has 0 aliphatic heterocycles. The van der Waals surface area contributed by atoms with E-state index >= 15 is 0 Å². The number of halogens is 1. The first kappa shape index (κ1) is 14.6. The van der Waals surface area contributed by atoms with Crippen molar-refractivity contribution < 1.29 is 4.79 Å². The van der Waals surface area contributed by atoms with Crippen molar-refractivity contribution in [2.75, 3.05) is 5.32 Å². The predicted octanol–water partition coefficient (Wildman–Crippen LogP) is 2.62. The molecule has 0 unspecified atom stereocenters. The van der Waals surface area contributed by atoms with Crippen LogP contribution >= 0.6 is 15.9 Å². The van der Waals surface area contributed by atoms with Crippen LogP contribution in [0.4, 0.5) is 5.69 Å². The first-order valence-electron chi connectivity index (χ1n) is 6.22. The van der Waals surface area contributed by atoms with E-state index in [4.69, 9.17) is 11.5 Å². The highest BCUT2D eigenvalue weighted by Crippen LogP contribution is 2.24. The first-order chi connectivity index (χ1) is 9.61. The minimum Gasteiger partial charge on any atom is -0.380 e. The highest BCUT2D eigenvalue weighted by atomic mass is 79.9. The lowest BCUT2D eigenvalue weighted by atomic mass is 10.1. The van der Waals surface area contributed by atoms with Crippen LogP contribution in [-0.2, 0) is 13.1 Å². The number of amides is 1. The molecule has 0 spiro atoms. The van der Waals surface area contributed by atoms with Gasteiger partial charge < -0.3 is 16.8 Å². The zero-order valence-electron chi connectivity index (χ0n) is 10.9. The molecular weight excluding hydrogens is 318 g/mol. The Morgan fingerprint density at radius 1 is 1.15 bits per heavy atom. The maximum atomic E-state index is 11.1. The quantitative estimate of drug-likeness (QED) is 0.786. The summed E-state index contributed by atoms with van der Waals surface area (Å²) in [6.45, 7) is 1.18. The van der Waals surface area contributed by atoms with Gasteiger partial charge in [-0.3, -0.25) is 4.79 Å². The van der Waals surface area contributed by atoms with Gasteiger partial charge in [-0.05, 0) is 45.3 Å². The van der Waals surface area contributed by atoms with Crippen LogP contribution in [0.15, 0.2) is 46.9 Å². The zero-order valence-corrected chi connectivity index (χ0v) is 12.5. The standard InChI is InChI=1S/C15H16BrN3O/c16-13-7-10(15(18)20)5-6-14(13)19-9-12-4-2-1-3-11(12)8-17/h1-7,19H,8-9,17H2,(H2,18,20). The van der Waals surface area contributed by atoms with Crippen molar-refractivity contribution >= 4 is 27.5 Å². The lowest BCUT2D eigenvalue weighted by molar-refractivity contribution is 0.100. The molecule has 0 radical (unpaired) electrons. The molecular formula is C15H16BrN3O. The molecule has 0 aliphatic rings. The number of hydrogen-bond acceptors (Lipinski definition) is 3. The SMILES string of the molecule is NCc1ccccc1CNc1ccc(C(N)=O)cc1Br. The molecule has 0 heterocycles. The molecule has 0 aliphatic carbocycles. The Bertz CT molecular complexity index is 628. The average molecular weight is 334 g/mol. The molecule has 5 N–H and O–H groups in total. The van der Waals surface area contributed by atoms with Crippen LogP contribution in [0, 0.1) is 0 Å². The summed E-state index contributed by atoms with van der Waals surface area (Å²) in [6, 6.07) is 13.3. The van der Waals surface area contributed by atoms with Gasteiger partial charge in [-0.1, -0.05) is 24.3 Å². The summed E-state index contributed by atoms with van der Waals surface area (Å²) in [6.07, 6.45) is 0. The zero-order chi connectivity index (χ0) is 14.5. The Balaban J connectivity index is 2.13. The smallest absolute Gasteiger partial charge is 0.248 e. The van der Waals surface area contributed by atoms with E-state index in [1.54, 1.807) is 12.1 Å². The number of hydrogen-bond donors (Lipinski definition) is 3. The summed E-state index contributed by atoms with van der Waals surface area (Å²) in [5, 5.41) is 3.32. The third-order valence-electron chi connectivity index (χ3n) is 3.06. The summed E-state index contributed by atoms with van der Waals surface area (Å²) < 4.78 is 0.805. The van der Waals surface area contributed by atoms with Gasteiger partial charge >= 0.3 is 0 Å². The number of rotatable bonds is 5. The second-order valence-electron chi connectivity index (χ2n) is 4.39. The molecule has 5 heteroatoms. The van der Waals surface area contributed by atoms with E-state index in [2.05, 4.69) is 21.2 Å². The Morgan fingerprint density at radius 2 is 1.85 bits per heavy atom. The molecule has 0 saturated heterocycles. The van der Waals surface area contributed by atoms with E-state index in [-0.39, 0.29) is 0 Å². The monoisotopic (exact) mass is 333 g/mol. The molecule has 1 amide bonds. The van der Waals surface area contributed by atoms with Crippen LogP contribution in [0.5, 0.6) is 0 Å². The lowest BCUT2D eigenvalue weighted by Gasteiger charge is -2.12. The summed E-state index contributed by atoms with van der Waals surface area (Å²) in [5.41, 5.74) is 14.6. The van der Waals surface area contributed by atoms with Crippen molar-refractivity contribution in [3.05, 3.63) is 63.6 Å². The van der Waals surface area contributed by atoms with Gasteiger partial charge in [0.2, 0.25) is 5.91 Å². The van der Waals surface area contributed by atoms with Gasteiger partial charge in [0.15, 0.2) is 0 Å². The Kier molecular flexibility index (Phi) is 4.76. The predicted molar refractivity (Wildman–Crippen MR) is 84.3 cm³/mol. The topological polar surface area (TPSA) is 81.1 Å². The summed E-state index contributed by atoms with van der Waals surface area (Å²) in [7, 11) is 0. The molecule has 2 aromatic rings. The van der Waals surface area contributed by atoms with Gasteiger partial charge in [-0.15, -0.1) is 0 Å². The molecule has 2 aromatic carbocycles. The van der Waals surface area contributed by atoms with Crippen molar-refractivity contribution in [3.8, 4) is 0 Å². The maximum Gasteiger partial charge on any atom is 0.248 e. The van der Waals surface area contributed by atoms with Crippen molar-refractivity contribution in [2.24, 2.45) is 11.5 Å². The summed E-state index contributed by atoms with van der Waals surface area (Å²) in [5.74, 6) is -0.439. The molecule has 0 fully saturated rings. The third-order valence-corrected chi connectivity index (χ3v) is 3.72. The van der Waals surface area contributed by atoms with E-state index in [0.717, 1.165) is 21.3 Å². The Morgan fingerprint density at radius 3 is 2.45 bits per heavy atom. The number of nitrogens with two attached hydrogens (primary N) is 2. The van der Waals surface area contributed by atoms with E-state index in [9.17, 15) is 4.79 Å². The molecule has 20 heavy (non-hydrogen) atoms. The van der Waals surface area contributed by atoms with Crippen LogP contribution < -0.4 is 16.8 Å². The maximum absolute atomic E-state index is 11.1. The largest absolute Gasteiger partial charge is 0.380 e. The van der Waals surface area contributed by atoms with E-state index < -0.39 is 5.91 Å². The fraction of sp³-hybridized carbons (Fsp3) is 0.133. The molecule has 4 nitrogen and oxygen atoms in total. The number of benzene rings is 2. The summed E-state index contributed by atoms with van der Waals surface area (Å²) >= 11 is 3.43. The highest BCUT2D eigenvalue weighted by Gasteiger charge is 2.06. The van der Waals surface area contributed by atoms with Gasteiger partial charge in [0.05, 0.1) is 0 Å². The van der Waals surface area contributed by atoms with Crippen LogP contribution in [0.3, 0.4) is 0 Å². The van der Waals surface area contributed by atoms with Crippen molar-refractivity contribution in [1.82, 2.24) is 0 Å². The first-order valence-corrected chi connectivity index (χ1v) is 7.01. The normalized spacial score (nSPS) is 10.3. The minimum absolute atomic E-state index is 0.439. The molecule has 0 atom stereocenters. The van der Waals surface area contributed by atoms with Crippen LogP contribution in [0.1, 0.15) is 21.5 Å². The van der Waals surface area contributed by atoms with Crippen LogP contribution in [-0.4, -0.2) is 5.91 Å². The van der Waals surface area contributed by atoms with Crippen LogP contribution in [0.25, 0.3) is 0 Å². The van der Waals surface area contributed by atoms with E-state index in [1.165, 1.54) is 0 Å². The fourth-order valence-corrected chi connectivity index (χ4v) is 2.45. The second-order valence-corrected chi connectivity index (χ2v) is 5.24. The van der Waals surface area contributed by atoms with Gasteiger partial charge in [0, 0.05) is 28.8 Å². The van der Waals surface area contributed by atoms with Gasteiger partial charge in [0.1, 0.15) is 0 Å². The van der Waals surface area contributed by atoms with Crippen molar-refractivity contribution in [3.63, 3.8) is 0 Å². The lowest BCUT2D eigenvalue weighted by Crippen LogP contribution is -2.11. The number of carbonyl (C=O) groups is 1. The fourth-order valence-electron chi connectivity index (χ4n) is 1.93. The molecule has 0 bridgehead atoms. The van der Waals surface area contributed by atoms with E-state index in [0.29, 0.717) is 18.7 Å². The van der Waals surface area contributed by atoms with Gasteiger partial charge in [-0.2, -0.15) is 0 Å². The van der Waals surface area contributed by atoms with Gasteiger partial charge in [0.25, 0.3) is 0 Å². The number of anilines is 1. The summed E-state index contributed by atoms with van der Waals surface area (Å²) in [4.78, 5) is 11.1. The minimum atomic E-state index is -0.439. The Hall–Kier alpha value is -1.85. The second kappa shape index (κ2) is 6.54. The van der Waals surface area contributed by atoms with Gasteiger partial charge in [-0.25, -0.2) is 0 Å². The van der Waals surface area contributed by atoms with Crippen molar-refractivity contribution in [1.29, 1.82) is 0 Å². The molecule has 2 rings (SSSR count). The Labute approximate surface area is 126 Å². The third kappa shape index (κ3) is 3.37.